The minimum Gasteiger partial charge on any atom is -0.340 e. The first-order valence-corrected chi connectivity index (χ1v) is 12.4. The van der Waals surface area contributed by atoms with Gasteiger partial charge in [0.2, 0.25) is 5.91 Å². The molecule has 33 heavy (non-hydrogen) atoms. The van der Waals surface area contributed by atoms with Gasteiger partial charge in [-0.3, -0.25) is 19.7 Å². The molecule has 0 bridgehead atoms. The summed E-state index contributed by atoms with van der Waals surface area (Å²) in [4.78, 5) is 26.4. The van der Waals surface area contributed by atoms with Gasteiger partial charge < -0.3 is 4.90 Å². The third-order valence-electron chi connectivity index (χ3n) is 6.92. The van der Waals surface area contributed by atoms with Crippen molar-refractivity contribution in [2.45, 2.75) is 39.2 Å². The maximum Gasteiger partial charge on any atom is 0.227 e. The van der Waals surface area contributed by atoms with Gasteiger partial charge in [-0.2, -0.15) is 0 Å². The number of benzene rings is 1. The van der Waals surface area contributed by atoms with Gasteiger partial charge in [0.15, 0.2) is 0 Å². The Bertz CT molecular complexity index is 1170. The van der Waals surface area contributed by atoms with Gasteiger partial charge in [0.1, 0.15) is 0 Å². The highest BCUT2D eigenvalue weighted by atomic mass is 79.9. The smallest absolute Gasteiger partial charge is 0.227 e. The lowest BCUT2D eigenvalue weighted by Crippen LogP contribution is -2.50. The summed E-state index contributed by atoms with van der Waals surface area (Å²) in [6, 6.07) is 10.8. The first-order valence-electron chi connectivity index (χ1n) is 11.6. The van der Waals surface area contributed by atoms with E-state index in [4.69, 9.17) is 4.98 Å². The minimum atomic E-state index is 0.128. The highest BCUT2D eigenvalue weighted by Gasteiger charge is 2.34. The Morgan fingerprint density at radius 1 is 1.03 bits per heavy atom. The Labute approximate surface area is 204 Å². The van der Waals surface area contributed by atoms with Gasteiger partial charge in [0.05, 0.1) is 18.2 Å². The van der Waals surface area contributed by atoms with Crippen LogP contribution in [-0.4, -0.2) is 51.9 Å². The first-order chi connectivity index (χ1) is 16.0. The van der Waals surface area contributed by atoms with Crippen molar-refractivity contribution in [2.75, 3.05) is 26.2 Å². The van der Waals surface area contributed by atoms with Crippen molar-refractivity contribution in [1.29, 1.82) is 0 Å². The molecule has 2 aromatic heterocycles. The predicted octanol–water partition coefficient (Wildman–Crippen LogP) is 4.43. The number of fused-ring (bicyclic) bond motifs is 2. The molecule has 0 spiro atoms. The van der Waals surface area contributed by atoms with E-state index in [2.05, 4.69) is 57.9 Å². The third kappa shape index (κ3) is 4.59. The second-order valence-electron chi connectivity index (χ2n) is 9.20. The number of pyridine rings is 2. The largest absolute Gasteiger partial charge is 0.340 e. The highest BCUT2D eigenvalue weighted by molar-refractivity contribution is 9.10. The van der Waals surface area contributed by atoms with Gasteiger partial charge in [-0.05, 0) is 88.6 Å². The van der Waals surface area contributed by atoms with E-state index in [1.165, 1.54) is 33.5 Å². The Morgan fingerprint density at radius 3 is 2.52 bits per heavy atom. The summed E-state index contributed by atoms with van der Waals surface area (Å²) < 4.78 is 1.03. The number of rotatable bonds is 3. The lowest BCUT2D eigenvalue weighted by Gasteiger charge is -2.40. The number of hydrogen-bond donors (Lipinski definition) is 0. The van der Waals surface area contributed by atoms with E-state index >= 15 is 0 Å². The molecular formula is C27H29BrN4O. The van der Waals surface area contributed by atoms with Crippen LogP contribution in [0.4, 0.5) is 0 Å². The Morgan fingerprint density at radius 2 is 1.76 bits per heavy atom. The number of nitrogens with zero attached hydrogens (tertiary/aromatic N) is 4. The molecule has 5 nitrogen and oxygen atoms in total. The number of carbonyl (C=O) groups is 1. The fourth-order valence-electron chi connectivity index (χ4n) is 5.38. The average molecular weight is 505 g/mol. The summed E-state index contributed by atoms with van der Waals surface area (Å²) in [6.45, 7) is 7.59. The maximum absolute atomic E-state index is 12.9. The molecule has 1 saturated heterocycles. The van der Waals surface area contributed by atoms with Crippen LogP contribution in [0.1, 0.15) is 45.1 Å². The summed E-state index contributed by atoms with van der Waals surface area (Å²) in [5.74, 6) is 0.191. The van der Waals surface area contributed by atoms with Crippen molar-refractivity contribution < 1.29 is 4.79 Å². The van der Waals surface area contributed by atoms with E-state index in [-0.39, 0.29) is 11.9 Å². The van der Waals surface area contributed by atoms with Crippen LogP contribution < -0.4 is 0 Å². The molecule has 2 aliphatic rings. The predicted molar refractivity (Wildman–Crippen MR) is 133 cm³/mol. The molecule has 1 aliphatic heterocycles. The molecule has 0 saturated carbocycles. The zero-order valence-electron chi connectivity index (χ0n) is 19.2. The average Bonchev–Trinajstić information content (AvgIpc) is 2.96. The van der Waals surface area contributed by atoms with E-state index in [0.29, 0.717) is 6.42 Å². The Hall–Kier alpha value is -2.57. The quantitative estimate of drug-likeness (QED) is 0.529. The van der Waals surface area contributed by atoms with Crippen LogP contribution in [-0.2, 0) is 24.1 Å². The minimum absolute atomic E-state index is 0.128. The number of aromatic nitrogens is 2. The van der Waals surface area contributed by atoms with Crippen molar-refractivity contribution in [3.63, 3.8) is 0 Å². The molecule has 1 atom stereocenters. The SMILES string of the molecule is Cc1cc(C)c2c(c1)CCc1cc(Br)cnc1C2N1CCN(C(=O)Cc2ccncc2)CC1. The molecule has 6 heteroatoms. The van der Waals surface area contributed by atoms with E-state index < -0.39 is 0 Å². The van der Waals surface area contributed by atoms with Crippen molar-refractivity contribution in [3.05, 3.63) is 92.5 Å². The van der Waals surface area contributed by atoms with Crippen LogP contribution in [0.2, 0.25) is 0 Å². The Kier molecular flexibility index (Phi) is 6.30. The topological polar surface area (TPSA) is 49.3 Å². The maximum atomic E-state index is 12.9. The Balaban J connectivity index is 1.42. The van der Waals surface area contributed by atoms with Crippen molar-refractivity contribution in [3.8, 4) is 0 Å². The molecule has 1 unspecified atom stereocenters. The number of aryl methyl sites for hydroxylation is 4. The monoisotopic (exact) mass is 504 g/mol. The fraction of sp³-hybridized carbons (Fsp3) is 0.370. The van der Waals surface area contributed by atoms with Crippen LogP contribution in [0.25, 0.3) is 0 Å². The molecule has 3 aromatic rings. The van der Waals surface area contributed by atoms with Gasteiger partial charge in [-0.15, -0.1) is 0 Å². The van der Waals surface area contributed by atoms with Gasteiger partial charge in [0, 0.05) is 49.2 Å². The zero-order valence-corrected chi connectivity index (χ0v) is 20.8. The first kappa shape index (κ1) is 22.2. The van der Waals surface area contributed by atoms with Crippen molar-refractivity contribution in [2.24, 2.45) is 0 Å². The standard InChI is InChI=1S/C27H29BrN4O/c1-18-13-19(2)25-21(14-18)3-4-22-16-23(28)17-30-26(22)27(25)32-11-9-31(10-12-32)24(33)15-20-5-7-29-8-6-20/h5-8,13-14,16-17,27H,3-4,9-12,15H2,1-2H3. The summed E-state index contributed by atoms with van der Waals surface area (Å²) in [5, 5.41) is 0. The number of amides is 1. The van der Waals surface area contributed by atoms with Gasteiger partial charge in [-0.1, -0.05) is 17.7 Å². The summed E-state index contributed by atoms with van der Waals surface area (Å²) in [6.07, 6.45) is 7.89. The van der Waals surface area contributed by atoms with E-state index in [9.17, 15) is 4.79 Å². The molecule has 1 fully saturated rings. The van der Waals surface area contributed by atoms with E-state index in [1.807, 2.05) is 23.2 Å². The molecule has 3 heterocycles. The lowest BCUT2D eigenvalue weighted by atomic mass is 9.90. The van der Waals surface area contributed by atoms with Crippen LogP contribution >= 0.6 is 15.9 Å². The molecule has 1 amide bonds. The van der Waals surface area contributed by atoms with Gasteiger partial charge >= 0.3 is 0 Å². The number of piperazine rings is 1. The highest BCUT2D eigenvalue weighted by Crippen LogP contribution is 2.39. The van der Waals surface area contributed by atoms with Gasteiger partial charge in [0.25, 0.3) is 0 Å². The molecule has 1 aromatic carbocycles. The van der Waals surface area contributed by atoms with Crippen LogP contribution in [0, 0.1) is 13.8 Å². The summed E-state index contributed by atoms with van der Waals surface area (Å²) >= 11 is 3.62. The van der Waals surface area contributed by atoms with Crippen molar-refractivity contribution >= 4 is 21.8 Å². The number of halogens is 1. The van der Waals surface area contributed by atoms with E-state index in [1.54, 1.807) is 12.4 Å². The fourth-order valence-corrected chi connectivity index (χ4v) is 5.76. The van der Waals surface area contributed by atoms with Crippen LogP contribution in [0.3, 0.4) is 0 Å². The zero-order chi connectivity index (χ0) is 22.9. The number of carbonyl (C=O) groups excluding carboxylic acids is 1. The lowest BCUT2D eigenvalue weighted by molar-refractivity contribution is -0.132. The number of hydrogen-bond acceptors (Lipinski definition) is 4. The second-order valence-corrected chi connectivity index (χ2v) is 10.1. The van der Waals surface area contributed by atoms with Crippen molar-refractivity contribution in [1.82, 2.24) is 19.8 Å². The summed E-state index contributed by atoms with van der Waals surface area (Å²) in [7, 11) is 0. The third-order valence-corrected chi connectivity index (χ3v) is 7.35. The van der Waals surface area contributed by atoms with Crippen LogP contribution in [0.15, 0.2) is 53.4 Å². The molecule has 5 rings (SSSR count). The molecule has 0 radical (unpaired) electrons. The summed E-state index contributed by atoms with van der Waals surface area (Å²) in [5.41, 5.74) is 9.00. The normalized spacial score (nSPS) is 18.4. The molecular weight excluding hydrogens is 476 g/mol. The molecule has 1 aliphatic carbocycles. The molecule has 0 N–H and O–H groups in total. The van der Waals surface area contributed by atoms with Crippen LogP contribution in [0.5, 0.6) is 0 Å². The van der Waals surface area contributed by atoms with E-state index in [0.717, 1.165) is 49.1 Å². The second kappa shape index (κ2) is 9.35. The van der Waals surface area contributed by atoms with Gasteiger partial charge in [-0.25, -0.2) is 0 Å². The molecule has 170 valence electrons.